The lowest BCUT2D eigenvalue weighted by molar-refractivity contribution is -0.147. The Bertz CT molecular complexity index is 1290. The quantitative estimate of drug-likeness (QED) is 0.268. The molecule has 47 heavy (non-hydrogen) atoms. The van der Waals surface area contributed by atoms with Gasteiger partial charge in [0, 0.05) is 50.2 Å². The number of ether oxygens (including phenoxy) is 2. The number of thioether (sulfide) groups is 1. The number of nitrogens with zero attached hydrogens (tertiary/aromatic N) is 4. The maximum absolute atomic E-state index is 14.9. The Balaban J connectivity index is 1.50. The molecule has 0 aromatic heterocycles. The SMILES string of the molecule is C=CCN(CCN1CCOCC1)C(=O)C1N([C@@H](CO)[C@@H](C)CC)C(=O)[C@@H]2[C@H](C(=O)N(CC=C)c3ccc(OCC)cc3)[C@@H]3CCC12S3. The molecule has 1 N–H and O–H groups in total. The fraction of sp³-hybridized carbons (Fsp3) is 0.639. The highest BCUT2D eigenvalue weighted by Gasteiger charge is 2.74. The zero-order chi connectivity index (χ0) is 33.7. The van der Waals surface area contributed by atoms with Gasteiger partial charge in [-0.25, -0.2) is 0 Å². The van der Waals surface area contributed by atoms with E-state index in [4.69, 9.17) is 9.47 Å². The molecule has 1 aromatic rings. The van der Waals surface area contributed by atoms with Crippen LogP contribution in [0.2, 0.25) is 0 Å². The predicted octanol–water partition coefficient (Wildman–Crippen LogP) is 3.45. The first-order valence-corrected chi connectivity index (χ1v) is 18.1. The number of aliphatic hydroxyl groups is 1. The van der Waals surface area contributed by atoms with E-state index < -0.39 is 28.7 Å². The fourth-order valence-electron chi connectivity index (χ4n) is 8.05. The molecule has 2 unspecified atom stereocenters. The number of likely N-dealkylation sites (tertiary alicyclic amines) is 1. The van der Waals surface area contributed by atoms with E-state index in [1.54, 1.807) is 33.7 Å². The monoisotopic (exact) mass is 668 g/mol. The Morgan fingerprint density at radius 3 is 2.47 bits per heavy atom. The minimum absolute atomic E-state index is 0.0341. The summed E-state index contributed by atoms with van der Waals surface area (Å²) in [5, 5.41) is 10.7. The van der Waals surface area contributed by atoms with Gasteiger partial charge in [0.2, 0.25) is 17.7 Å². The van der Waals surface area contributed by atoms with Gasteiger partial charge in [-0.1, -0.05) is 32.4 Å². The number of aliphatic hydroxyl groups excluding tert-OH is 1. The van der Waals surface area contributed by atoms with Crippen LogP contribution in [-0.4, -0.2) is 125 Å². The molecule has 3 amide bonds. The van der Waals surface area contributed by atoms with Crippen molar-refractivity contribution in [2.75, 3.05) is 70.6 Å². The highest BCUT2D eigenvalue weighted by molar-refractivity contribution is 8.02. The van der Waals surface area contributed by atoms with Crippen LogP contribution in [0.3, 0.4) is 0 Å². The Morgan fingerprint density at radius 1 is 1.15 bits per heavy atom. The maximum atomic E-state index is 14.9. The van der Waals surface area contributed by atoms with Crippen LogP contribution in [0.15, 0.2) is 49.6 Å². The van der Waals surface area contributed by atoms with Crippen molar-refractivity contribution in [1.29, 1.82) is 0 Å². The van der Waals surface area contributed by atoms with Gasteiger partial charge in [0.15, 0.2) is 0 Å². The van der Waals surface area contributed by atoms with E-state index in [1.807, 2.05) is 49.9 Å². The third-order valence-corrected chi connectivity index (χ3v) is 12.5. The fourth-order valence-corrected chi connectivity index (χ4v) is 10.2. The third kappa shape index (κ3) is 6.73. The number of benzene rings is 1. The highest BCUT2D eigenvalue weighted by atomic mass is 32.2. The van der Waals surface area contributed by atoms with Crippen LogP contribution in [0, 0.1) is 17.8 Å². The van der Waals surface area contributed by atoms with Crippen molar-refractivity contribution in [3.05, 3.63) is 49.6 Å². The largest absolute Gasteiger partial charge is 0.494 e. The second-order valence-corrected chi connectivity index (χ2v) is 14.7. The van der Waals surface area contributed by atoms with Crippen LogP contribution in [-0.2, 0) is 19.1 Å². The van der Waals surface area contributed by atoms with Crippen molar-refractivity contribution in [1.82, 2.24) is 14.7 Å². The summed E-state index contributed by atoms with van der Waals surface area (Å²) >= 11 is 1.66. The molecule has 11 heteroatoms. The molecule has 258 valence electrons. The lowest BCUT2D eigenvalue weighted by Crippen LogP contribution is -2.59. The predicted molar refractivity (Wildman–Crippen MR) is 185 cm³/mol. The van der Waals surface area contributed by atoms with E-state index in [9.17, 15) is 19.5 Å². The van der Waals surface area contributed by atoms with E-state index in [-0.39, 0.29) is 35.5 Å². The van der Waals surface area contributed by atoms with Gasteiger partial charge >= 0.3 is 0 Å². The second kappa shape index (κ2) is 15.6. The molecule has 1 aromatic carbocycles. The van der Waals surface area contributed by atoms with Gasteiger partial charge in [-0.2, -0.15) is 0 Å². The molecule has 10 nitrogen and oxygen atoms in total. The van der Waals surface area contributed by atoms with Crippen molar-refractivity contribution in [2.24, 2.45) is 17.8 Å². The summed E-state index contributed by atoms with van der Waals surface area (Å²) in [7, 11) is 0. The highest BCUT2D eigenvalue weighted by Crippen LogP contribution is 2.67. The van der Waals surface area contributed by atoms with Gasteiger partial charge < -0.3 is 29.3 Å². The molecule has 4 heterocycles. The molecule has 0 aliphatic carbocycles. The zero-order valence-electron chi connectivity index (χ0n) is 28.2. The minimum atomic E-state index is -0.776. The molecule has 7 atom stereocenters. The van der Waals surface area contributed by atoms with Gasteiger partial charge in [-0.15, -0.1) is 24.9 Å². The Labute approximate surface area is 284 Å². The van der Waals surface area contributed by atoms with Crippen LogP contribution in [0.5, 0.6) is 5.75 Å². The molecule has 4 fully saturated rings. The first kappa shape index (κ1) is 35.4. The van der Waals surface area contributed by atoms with Gasteiger partial charge in [0.25, 0.3) is 0 Å². The molecule has 5 rings (SSSR count). The summed E-state index contributed by atoms with van der Waals surface area (Å²) in [6.07, 6.45) is 5.59. The van der Waals surface area contributed by atoms with Crippen molar-refractivity contribution in [2.45, 2.75) is 62.1 Å². The number of carbonyl (C=O) groups excluding carboxylic acids is 3. The summed E-state index contributed by atoms with van der Waals surface area (Å²) in [5.74, 6) is -1.00. The van der Waals surface area contributed by atoms with Crippen molar-refractivity contribution >= 4 is 35.2 Å². The Hall–Kier alpha value is -2.86. The van der Waals surface area contributed by atoms with Crippen LogP contribution >= 0.6 is 11.8 Å². The lowest BCUT2D eigenvalue weighted by Gasteiger charge is -2.41. The average molecular weight is 669 g/mol. The molecule has 4 aliphatic rings. The molecule has 1 spiro atoms. The molecule has 0 saturated carbocycles. The Morgan fingerprint density at radius 2 is 1.85 bits per heavy atom. The van der Waals surface area contributed by atoms with Gasteiger partial charge in [-0.3, -0.25) is 19.3 Å². The maximum Gasteiger partial charge on any atom is 0.247 e. The standard InChI is InChI=1S/C36H52N4O6S/c1-6-16-38(19-18-37-20-22-45-23-21-37)35(44)32-36-15-14-29(47-36)30(31(36)34(43)40(32)28(24-41)25(5)8-3)33(42)39(17-7-2)26-10-12-27(13-11-26)46-9-4/h6-7,10-13,25,28-32,41H,1-2,8-9,14-24H2,3-5H3/t25-,28-,29-,30+,31-,32?,36?/m0/s1. The summed E-state index contributed by atoms with van der Waals surface area (Å²) in [4.78, 5) is 51.9. The van der Waals surface area contributed by atoms with Crippen molar-refractivity contribution < 1.29 is 29.0 Å². The van der Waals surface area contributed by atoms with Crippen LogP contribution in [0.25, 0.3) is 0 Å². The molecule has 4 aliphatic heterocycles. The first-order chi connectivity index (χ1) is 22.8. The van der Waals surface area contributed by atoms with Crippen LogP contribution in [0.1, 0.15) is 40.0 Å². The van der Waals surface area contributed by atoms with E-state index in [1.165, 1.54) is 0 Å². The molecular weight excluding hydrogens is 616 g/mol. The normalized spacial score (nSPS) is 28.1. The summed E-state index contributed by atoms with van der Waals surface area (Å²) in [5.41, 5.74) is 0.711. The summed E-state index contributed by atoms with van der Waals surface area (Å²) in [6.45, 7) is 18.9. The number of amides is 3. The van der Waals surface area contributed by atoms with Crippen LogP contribution in [0.4, 0.5) is 5.69 Å². The number of morpholine rings is 1. The first-order valence-electron chi connectivity index (χ1n) is 17.2. The van der Waals surface area contributed by atoms with Gasteiger partial charge in [0.1, 0.15) is 11.8 Å². The number of anilines is 1. The van der Waals surface area contributed by atoms with Crippen molar-refractivity contribution in [3.63, 3.8) is 0 Å². The van der Waals surface area contributed by atoms with Crippen molar-refractivity contribution in [3.8, 4) is 5.75 Å². The van der Waals surface area contributed by atoms with E-state index in [0.29, 0.717) is 58.1 Å². The van der Waals surface area contributed by atoms with Gasteiger partial charge in [-0.05, 0) is 49.9 Å². The average Bonchev–Trinajstić information content (AvgIpc) is 3.74. The molecule has 0 radical (unpaired) electrons. The third-order valence-electron chi connectivity index (χ3n) is 10.6. The number of carbonyl (C=O) groups is 3. The van der Waals surface area contributed by atoms with E-state index in [0.717, 1.165) is 31.7 Å². The number of rotatable bonds is 16. The number of hydrogen-bond donors (Lipinski definition) is 1. The van der Waals surface area contributed by atoms with E-state index in [2.05, 4.69) is 18.1 Å². The smallest absolute Gasteiger partial charge is 0.247 e. The number of hydrogen-bond acceptors (Lipinski definition) is 8. The summed E-state index contributed by atoms with van der Waals surface area (Å²) < 4.78 is 10.4. The van der Waals surface area contributed by atoms with Crippen LogP contribution < -0.4 is 9.64 Å². The minimum Gasteiger partial charge on any atom is -0.494 e. The zero-order valence-corrected chi connectivity index (χ0v) is 29.0. The molecule has 2 bridgehead atoms. The molecular formula is C36H52N4O6S. The van der Waals surface area contributed by atoms with Gasteiger partial charge in [0.05, 0.1) is 49.1 Å². The lowest BCUT2D eigenvalue weighted by atomic mass is 9.70. The number of fused-ring (bicyclic) bond motifs is 1. The topological polar surface area (TPSA) is 103 Å². The molecule has 4 saturated heterocycles. The second-order valence-electron chi connectivity index (χ2n) is 13.1. The van der Waals surface area contributed by atoms with E-state index >= 15 is 0 Å². The summed E-state index contributed by atoms with van der Waals surface area (Å²) in [6, 6.07) is 6.12. The Kier molecular flexibility index (Phi) is 11.7.